The summed E-state index contributed by atoms with van der Waals surface area (Å²) in [7, 11) is 0. The van der Waals surface area contributed by atoms with Gasteiger partial charge in [0.05, 0.1) is 10.6 Å². The number of benzene rings is 1. The van der Waals surface area contributed by atoms with Gasteiger partial charge in [-0.25, -0.2) is 4.98 Å². The molecule has 112 valence electrons. The summed E-state index contributed by atoms with van der Waals surface area (Å²) < 4.78 is 0. The van der Waals surface area contributed by atoms with Crippen LogP contribution in [-0.2, 0) is 0 Å². The molecule has 0 aliphatic heterocycles. The molecule has 0 aliphatic carbocycles. The van der Waals surface area contributed by atoms with E-state index < -0.39 is 0 Å². The zero-order chi connectivity index (χ0) is 15.4. The lowest BCUT2D eigenvalue weighted by Gasteiger charge is -2.18. The van der Waals surface area contributed by atoms with Crippen molar-refractivity contribution in [1.82, 2.24) is 4.98 Å². The number of anilines is 1. The SMILES string of the molecule is CCCN(C(=O)c1cccs1)c1nc(-c2ccccc2)cs1. The first-order valence-electron chi connectivity index (χ1n) is 7.16. The van der Waals surface area contributed by atoms with Crippen LogP contribution < -0.4 is 4.90 Å². The van der Waals surface area contributed by atoms with Gasteiger partial charge in [0.2, 0.25) is 0 Å². The predicted molar refractivity (Wildman–Crippen MR) is 93.8 cm³/mol. The average Bonchev–Trinajstić information content (AvgIpc) is 3.24. The Morgan fingerprint density at radius 3 is 2.64 bits per heavy atom. The van der Waals surface area contributed by atoms with Crippen LogP contribution in [0.15, 0.2) is 53.2 Å². The van der Waals surface area contributed by atoms with Crippen LogP contribution in [0.1, 0.15) is 23.0 Å². The predicted octanol–water partition coefficient (Wildman–Crippen LogP) is 4.93. The maximum absolute atomic E-state index is 12.6. The van der Waals surface area contributed by atoms with Crippen molar-refractivity contribution in [3.8, 4) is 11.3 Å². The lowest BCUT2D eigenvalue weighted by molar-refractivity contribution is 0.0991. The van der Waals surface area contributed by atoms with Crippen molar-refractivity contribution in [3.05, 3.63) is 58.1 Å². The first kappa shape index (κ1) is 14.9. The fourth-order valence-electron chi connectivity index (χ4n) is 2.17. The average molecular weight is 328 g/mol. The van der Waals surface area contributed by atoms with Crippen LogP contribution in [0, 0.1) is 0 Å². The highest BCUT2D eigenvalue weighted by Crippen LogP contribution is 2.29. The van der Waals surface area contributed by atoms with Gasteiger partial charge in [-0.3, -0.25) is 9.69 Å². The molecule has 3 nitrogen and oxygen atoms in total. The van der Waals surface area contributed by atoms with Gasteiger partial charge in [0.25, 0.3) is 5.91 Å². The second kappa shape index (κ2) is 6.85. The highest BCUT2D eigenvalue weighted by atomic mass is 32.1. The molecule has 3 aromatic rings. The quantitative estimate of drug-likeness (QED) is 0.665. The Bertz CT molecular complexity index is 735. The van der Waals surface area contributed by atoms with Crippen LogP contribution in [0.2, 0.25) is 0 Å². The van der Waals surface area contributed by atoms with E-state index in [0.717, 1.165) is 27.7 Å². The van der Waals surface area contributed by atoms with E-state index in [9.17, 15) is 4.79 Å². The van der Waals surface area contributed by atoms with E-state index >= 15 is 0 Å². The molecule has 0 unspecified atom stereocenters. The summed E-state index contributed by atoms with van der Waals surface area (Å²) in [4.78, 5) is 19.8. The molecular weight excluding hydrogens is 312 g/mol. The third-order valence-electron chi connectivity index (χ3n) is 3.22. The van der Waals surface area contributed by atoms with E-state index in [0.29, 0.717) is 6.54 Å². The third-order valence-corrected chi connectivity index (χ3v) is 4.94. The lowest BCUT2D eigenvalue weighted by Crippen LogP contribution is -2.30. The largest absolute Gasteiger partial charge is 0.283 e. The van der Waals surface area contributed by atoms with Crippen LogP contribution in [0.4, 0.5) is 5.13 Å². The van der Waals surface area contributed by atoms with Gasteiger partial charge in [-0.1, -0.05) is 43.3 Å². The normalized spacial score (nSPS) is 10.6. The number of amides is 1. The fourth-order valence-corrected chi connectivity index (χ4v) is 3.70. The molecule has 0 fully saturated rings. The van der Waals surface area contributed by atoms with E-state index in [1.165, 1.54) is 22.7 Å². The summed E-state index contributed by atoms with van der Waals surface area (Å²) in [5.74, 6) is 0.0332. The molecule has 3 rings (SSSR count). The van der Waals surface area contributed by atoms with E-state index in [1.807, 2.05) is 53.2 Å². The number of thiophene rings is 1. The van der Waals surface area contributed by atoms with E-state index in [2.05, 4.69) is 11.9 Å². The van der Waals surface area contributed by atoms with Gasteiger partial charge in [0, 0.05) is 17.5 Å². The zero-order valence-electron chi connectivity index (χ0n) is 12.2. The van der Waals surface area contributed by atoms with Crippen LogP contribution in [0.3, 0.4) is 0 Å². The van der Waals surface area contributed by atoms with Crippen molar-refractivity contribution in [3.63, 3.8) is 0 Å². The van der Waals surface area contributed by atoms with Crippen LogP contribution in [0.5, 0.6) is 0 Å². The Labute approximate surface area is 137 Å². The number of thiazole rings is 1. The molecular formula is C17H16N2OS2. The van der Waals surface area contributed by atoms with Crippen molar-refractivity contribution in [2.75, 3.05) is 11.4 Å². The van der Waals surface area contributed by atoms with Crippen molar-refractivity contribution in [2.45, 2.75) is 13.3 Å². The van der Waals surface area contributed by atoms with Crippen LogP contribution in [-0.4, -0.2) is 17.4 Å². The minimum atomic E-state index is 0.0332. The number of hydrogen-bond acceptors (Lipinski definition) is 4. The third kappa shape index (κ3) is 3.10. The molecule has 0 N–H and O–H groups in total. The summed E-state index contributed by atoms with van der Waals surface area (Å²) >= 11 is 2.99. The molecule has 2 aromatic heterocycles. The van der Waals surface area contributed by atoms with E-state index in [1.54, 1.807) is 4.90 Å². The summed E-state index contributed by atoms with van der Waals surface area (Å²) in [6.07, 6.45) is 0.900. The molecule has 2 heterocycles. The summed E-state index contributed by atoms with van der Waals surface area (Å²) in [5.41, 5.74) is 1.99. The second-order valence-corrected chi connectivity index (χ2v) is 6.60. The Hall–Kier alpha value is -1.98. The Kier molecular flexibility index (Phi) is 4.65. The second-order valence-electron chi connectivity index (χ2n) is 4.82. The molecule has 0 radical (unpaired) electrons. The van der Waals surface area contributed by atoms with Crippen molar-refractivity contribution < 1.29 is 4.79 Å². The summed E-state index contributed by atoms with van der Waals surface area (Å²) in [6, 6.07) is 13.8. The van der Waals surface area contributed by atoms with Gasteiger partial charge in [-0.2, -0.15) is 0 Å². The molecule has 0 saturated heterocycles. The Balaban J connectivity index is 1.90. The highest BCUT2D eigenvalue weighted by Gasteiger charge is 2.20. The van der Waals surface area contributed by atoms with Gasteiger partial charge in [0.15, 0.2) is 5.13 Å². The monoisotopic (exact) mass is 328 g/mol. The number of carbonyl (C=O) groups is 1. The smallest absolute Gasteiger partial charge is 0.270 e. The maximum atomic E-state index is 12.6. The number of rotatable bonds is 5. The molecule has 0 spiro atoms. The summed E-state index contributed by atoms with van der Waals surface area (Å²) in [6.45, 7) is 2.75. The molecule has 0 aliphatic rings. The first-order chi connectivity index (χ1) is 10.8. The zero-order valence-corrected chi connectivity index (χ0v) is 13.9. The molecule has 5 heteroatoms. The van der Waals surface area contributed by atoms with Crippen molar-refractivity contribution in [1.29, 1.82) is 0 Å². The maximum Gasteiger partial charge on any atom is 0.270 e. The fraction of sp³-hybridized carbons (Fsp3) is 0.176. The Morgan fingerprint density at radius 2 is 1.95 bits per heavy atom. The molecule has 1 aromatic carbocycles. The topological polar surface area (TPSA) is 33.2 Å². The van der Waals surface area contributed by atoms with Gasteiger partial charge < -0.3 is 0 Å². The number of aromatic nitrogens is 1. The molecule has 0 saturated carbocycles. The van der Waals surface area contributed by atoms with Crippen LogP contribution >= 0.6 is 22.7 Å². The minimum absolute atomic E-state index is 0.0332. The standard InChI is InChI=1S/C17H16N2OS2/c1-2-10-19(16(20)15-9-6-11-21-15)17-18-14(12-22-17)13-7-4-3-5-8-13/h3-9,11-12H,2,10H2,1H3. The first-order valence-corrected chi connectivity index (χ1v) is 8.92. The summed E-state index contributed by atoms with van der Waals surface area (Å²) in [5, 5.41) is 4.70. The van der Waals surface area contributed by atoms with Crippen LogP contribution in [0.25, 0.3) is 11.3 Å². The van der Waals surface area contributed by atoms with Gasteiger partial charge in [-0.05, 0) is 17.9 Å². The molecule has 22 heavy (non-hydrogen) atoms. The number of hydrogen-bond donors (Lipinski definition) is 0. The number of carbonyl (C=O) groups excluding carboxylic acids is 1. The number of nitrogens with zero attached hydrogens (tertiary/aromatic N) is 2. The van der Waals surface area contributed by atoms with Gasteiger partial charge in [0.1, 0.15) is 0 Å². The van der Waals surface area contributed by atoms with Crippen molar-refractivity contribution >= 4 is 33.7 Å². The highest BCUT2D eigenvalue weighted by molar-refractivity contribution is 7.14. The van der Waals surface area contributed by atoms with E-state index in [-0.39, 0.29) is 5.91 Å². The van der Waals surface area contributed by atoms with Gasteiger partial charge in [-0.15, -0.1) is 22.7 Å². The van der Waals surface area contributed by atoms with E-state index in [4.69, 9.17) is 0 Å². The molecule has 0 atom stereocenters. The Morgan fingerprint density at radius 1 is 1.14 bits per heavy atom. The lowest BCUT2D eigenvalue weighted by atomic mass is 10.2. The molecule has 1 amide bonds. The molecule has 0 bridgehead atoms. The van der Waals surface area contributed by atoms with Crippen molar-refractivity contribution in [2.24, 2.45) is 0 Å². The van der Waals surface area contributed by atoms with Gasteiger partial charge >= 0.3 is 0 Å². The minimum Gasteiger partial charge on any atom is -0.283 e.